The number of nitrogens with one attached hydrogen (secondary N) is 1. The Kier molecular flexibility index (Phi) is 8.45. The SMILES string of the molecule is Cn1c(=O)[nH]c2ccc(OO)cc2c1=O.O=C(C1CCCCC1)N1CCN(C(=O)C2CCCC2)CC1. The van der Waals surface area contributed by atoms with Crippen molar-refractivity contribution in [2.24, 2.45) is 18.9 Å². The van der Waals surface area contributed by atoms with Crippen LogP contribution in [-0.4, -0.2) is 62.6 Å². The van der Waals surface area contributed by atoms with Gasteiger partial charge in [0.2, 0.25) is 11.8 Å². The molecule has 196 valence electrons. The molecule has 0 atom stereocenters. The lowest BCUT2D eigenvalue weighted by molar-refractivity contribution is -0.144. The lowest BCUT2D eigenvalue weighted by Gasteiger charge is -2.38. The second-order valence-electron chi connectivity index (χ2n) is 10.1. The van der Waals surface area contributed by atoms with Gasteiger partial charge in [0, 0.05) is 45.1 Å². The number of hydrogen-bond acceptors (Lipinski definition) is 6. The van der Waals surface area contributed by atoms with Crippen LogP contribution in [0.5, 0.6) is 5.75 Å². The first-order valence-corrected chi connectivity index (χ1v) is 13.0. The van der Waals surface area contributed by atoms with E-state index in [-0.39, 0.29) is 23.0 Å². The van der Waals surface area contributed by atoms with Crippen molar-refractivity contribution in [3.63, 3.8) is 0 Å². The third-order valence-electron chi connectivity index (χ3n) is 7.74. The summed E-state index contributed by atoms with van der Waals surface area (Å²) >= 11 is 0. The van der Waals surface area contributed by atoms with Crippen LogP contribution >= 0.6 is 0 Å². The number of aromatic nitrogens is 2. The summed E-state index contributed by atoms with van der Waals surface area (Å²) in [7, 11) is 1.37. The molecule has 36 heavy (non-hydrogen) atoms. The fraction of sp³-hybridized carbons (Fsp3) is 0.615. The van der Waals surface area contributed by atoms with Crippen molar-refractivity contribution in [1.29, 1.82) is 0 Å². The van der Waals surface area contributed by atoms with Gasteiger partial charge in [0.25, 0.3) is 5.56 Å². The van der Waals surface area contributed by atoms with Crippen molar-refractivity contribution in [2.75, 3.05) is 26.2 Å². The van der Waals surface area contributed by atoms with Crippen LogP contribution in [0.25, 0.3) is 10.9 Å². The molecule has 2 saturated carbocycles. The van der Waals surface area contributed by atoms with Gasteiger partial charge in [0.1, 0.15) is 0 Å². The van der Waals surface area contributed by atoms with E-state index in [1.807, 2.05) is 9.80 Å². The molecular formula is C26H36N4O6. The average molecular weight is 501 g/mol. The van der Waals surface area contributed by atoms with Gasteiger partial charge in [0.05, 0.1) is 10.9 Å². The first kappa shape index (κ1) is 25.9. The summed E-state index contributed by atoms with van der Waals surface area (Å²) < 4.78 is 0.948. The molecule has 2 N–H and O–H groups in total. The Morgan fingerprint density at radius 3 is 1.86 bits per heavy atom. The van der Waals surface area contributed by atoms with E-state index >= 15 is 0 Å². The number of rotatable bonds is 3. The van der Waals surface area contributed by atoms with Gasteiger partial charge in [-0.1, -0.05) is 32.1 Å². The Labute approximate surface area is 209 Å². The van der Waals surface area contributed by atoms with E-state index in [0.29, 0.717) is 17.3 Å². The highest BCUT2D eigenvalue weighted by Crippen LogP contribution is 2.28. The molecule has 0 bridgehead atoms. The number of carbonyl (C=O) groups is 2. The third kappa shape index (κ3) is 5.80. The van der Waals surface area contributed by atoms with Crippen LogP contribution in [0.4, 0.5) is 0 Å². The second kappa shape index (κ2) is 11.7. The molecule has 2 amide bonds. The maximum atomic E-state index is 12.5. The van der Waals surface area contributed by atoms with Crippen molar-refractivity contribution in [3.05, 3.63) is 39.0 Å². The Bertz CT molecular complexity index is 1190. The molecule has 0 radical (unpaired) electrons. The standard InChI is InChI=1S/C17H28N2O2.C9H8N2O4/c20-16(14-6-2-1-3-7-14)18-10-12-19(13-11-18)17(21)15-8-4-5-9-15;1-11-8(12)6-4-5(15-14)2-3-7(6)10-9(11)13/h14-15H,1-13H2;2-4,14H,1H3,(H,10,13). The van der Waals surface area contributed by atoms with E-state index in [9.17, 15) is 19.2 Å². The molecule has 5 rings (SSSR count). The number of nitrogens with zero attached hydrogens (tertiary/aromatic N) is 3. The van der Waals surface area contributed by atoms with Crippen LogP contribution in [-0.2, 0) is 16.6 Å². The van der Waals surface area contributed by atoms with Crippen molar-refractivity contribution >= 4 is 22.7 Å². The van der Waals surface area contributed by atoms with Crippen molar-refractivity contribution < 1.29 is 19.7 Å². The summed E-state index contributed by atoms with van der Waals surface area (Å²) in [5.41, 5.74) is -0.512. The van der Waals surface area contributed by atoms with Crippen LogP contribution in [0, 0.1) is 11.8 Å². The summed E-state index contributed by atoms with van der Waals surface area (Å²) in [5.74, 6) is 1.37. The van der Waals surface area contributed by atoms with Gasteiger partial charge in [-0.05, 0) is 43.9 Å². The van der Waals surface area contributed by atoms with E-state index < -0.39 is 11.2 Å². The maximum Gasteiger partial charge on any atom is 0.328 e. The largest absolute Gasteiger partial charge is 0.340 e. The molecule has 10 heteroatoms. The van der Waals surface area contributed by atoms with E-state index in [2.05, 4.69) is 9.87 Å². The van der Waals surface area contributed by atoms with Gasteiger partial charge >= 0.3 is 5.69 Å². The van der Waals surface area contributed by atoms with Crippen LogP contribution in [0.1, 0.15) is 57.8 Å². The molecule has 0 unspecified atom stereocenters. The number of benzene rings is 1. The minimum absolute atomic E-state index is 0.145. The average Bonchev–Trinajstić information content (AvgIpc) is 3.47. The maximum absolute atomic E-state index is 12.5. The lowest BCUT2D eigenvalue weighted by atomic mass is 9.88. The first-order chi connectivity index (χ1) is 17.4. The number of carbonyl (C=O) groups excluding carboxylic acids is 2. The summed E-state index contributed by atoms with van der Waals surface area (Å²) in [5, 5.41) is 8.71. The van der Waals surface area contributed by atoms with E-state index in [1.165, 1.54) is 57.4 Å². The molecule has 2 aromatic rings. The van der Waals surface area contributed by atoms with Gasteiger partial charge in [-0.15, -0.1) is 0 Å². The number of H-pyrrole nitrogens is 1. The Morgan fingerprint density at radius 2 is 1.36 bits per heavy atom. The Balaban J connectivity index is 0.000000179. The van der Waals surface area contributed by atoms with Gasteiger partial charge in [-0.3, -0.25) is 19.0 Å². The summed E-state index contributed by atoms with van der Waals surface area (Å²) in [6.07, 6.45) is 10.4. The smallest absolute Gasteiger partial charge is 0.328 e. The molecule has 1 aromatic carbocycles. The number of aromatic amines is 1. The fourth-order valence-electron chi connectivity index (χ4n) is 5.52. The number of fused-ring (bicyclic) bond motifs is 1. The molecule has 0 spiro atoms. The highest BCUT2D eigenvalue weighted by Gasteiger charge is 2.32. The number of hydrogen-bond donors (Lipinski definition) is 2. The predicted octanol–water partition coefficient (Wildman–Crippen LogP) is 2.51. The molecule has 1 aliphatic heterocycles. The van der Waals surface area contributed by atoms with Gasteiger partial charge in [-0.2, -0.15) is 0 Å². The van der Waals surface area contributed by atoms with E-state index in [0.717, 1.165) is 56.4 Å². The van der Waals surface area contributed by atoms with Gasteiger partial charge in [0.15, 0.2) is 5.75 Å². The zero-order chi connectivity index (χ0) is 25.7. The molecule has 2 heterocycles. The van der Waals surface area contributed by atoms with Crippen LogP contribution in [0.3, 0.4) is 0 Å². The first-order valence-electron chi connectivity index (χ1n) is 13.0. The summed E-state index contributed by atoms with van der Waals surface area (Å²) in [6, 6.07) is 4.29. The minimum atomic E-state index is -0.481. The van der Waals surface area contributed by atoms with Crippen molar-refractivity contribution in [1.82, 2.24) is 19.4 Å². The molecule has 2 aliphatic carbocycles. The number of piperazine rings is 1. The zero-order valence-corrected chi connectivity index (χ0v) is 20.9. The number of amides is 2. The molecule has 3 aliphatic rings. The third-order valence-corrected chi connectivity index (χ3v) is 7.74. The molecule has 1 saturated heterocycles. The van der Waals surface area contributed by atoms with Crippen molar-refractivity contribution in [2.45, 2.75) is 57.8 Å². The normalized spacial score (nSPS) is 19.2. The Morgan fingerprint density at radius 1 is 0.861 bits per heavy atom. The zero-order valence-electron chi connectivity index (χ0n) is 20.9. The predicted molar refractivity (Wildman–Crippen MR) is 135 cm³/mol. The van der Waals surface area contributed by atoms with Crippen LogP contribution in [0.15, 0.2) is 27.8 Å². The highest BCUT2D eigenvalue weighted by molar-refractivity contribution is 5.81. The summed E-state index contributed by atoms with van der Waals surface area (Å²) in [6.45, 7) is 2.98. The molecular weight excluding hydrogens is 464 g/mol. The summed E-state index contributed by atoms with van der Waals surface area (Å²) in [4.78, 5) is 58.3. The molecule has 3 fully saturated rings. The second-order valence-corrected chi connectivity index (χ2v) is 10.1. The van der Waals surface area contributed by atoms with Gasteiger partial charge < -0.3 is 19.7 Å². The molecule has 1 aromatic heterocycles. The van der Waals surface area contributed by atoms with Crippen molar-refractivity contribution in [3.8, 4) is 5.75 Å². The highest BCUT2D eigenvalue weighted by atomic mass is 17.1. The molecule has 10 nitrogen and oxygen atoms in total. The topological polar surface area (TPSA) is 125 Å². The van der Waals surface area contributed by atoms with Crippen LogP contribution in [0.2, 0.25) is 0 Å². The Hall–Kier alpha value is -3.14. The van der Waals surface area contributed by atoms with Gasteiger partial charge in [-0.25, -0.2) is 10.1 Å². The lowest BCUT2D eigenvalue weighted by Crippen LogP contribution is -2.53. The van der Waals surface area contributed by atoms with E-state index in [1.54, 1.807) is 0 Å². The monoisotopic (exact) mass is 500 g/mol. The minimum Gasteiger partial charge on any atom is -0.340 e. The van der Waals surface area contributed by atoms with Crippen LogP contribution < -0.4 is 16.1 Å². The quantitative estimate of drug-likeness (QED) is 0.493. The fourth-order valence-corrected chi connectivity index (χ4v) is 5.52. The van der Waals surface area contributed by atoms with E-state index in [4.69, 9.17) is 5.26 Å².